The third kappa shape index (κ3) is 3.81. The molecule has 4 nitrogen and oxygen atoms in total. The van der Waals surface area contributed by atoms with Gasteiger partial charge >= 0.3 is 0 Å². The van der Waals surface area contributed by atoms with Crippen LogP contribution in [0.3, 0.4) is 0 Å². The van der Waals surface area contributed by atoms with E-state index in [2.05, 4.69) is 40.6 Å². The highest BCUT2D eigenvalue weighted by Gasteiger charge is 2.18. The van der Waals surface area contributed by atoms with Crippen molar-refractivity contribution in [2.45, 2.75) is 52.4 Å². The van der Waals surface area contributed by atoms with Crippen molar-refractivity contribution in [2.75, 3.05) is 5.32 Å². The molecule has 0 radical (unpaired) electrons. The Morgan fingerprint density at radius 1 is 1.30 bits per heavy atom. The average molecular weight is 311 g/mol. The summed E-state index contributed by atoms with van der Waals surface area (Å²) in [4.78, 5) is 12.3. The lowest BCUT2D eigenvalue weighted by atomic mass is 10.0. The van der Waals surface area contributed by atoms with E-state index in [-0.39, 0.29) is 5.91 Å². The molecule has 0 unspecified atom stereocenters. The van der Waals surface area contributed by atoms with Gasteiger partial charge in [-0.25, -0.2) is 0 Å². The summed E-state index contributed by atoms with van der Waals surface area (Å²) >= 11 is 0. The van der Waals surface area contributed by atoms with Crippen molar-refractivity contribution < 1.29 is 4.79 Å². The molecule has 3 rings (SSSR count). The SMILES string of the molecule is Cc1cccc(-c2c(NC(=O)CCC3CCCC3)n[nH]c2C)c1. The predicted octanol–water partition coefficient (Wildman–Crippen LogP) is 4.60. The molecular formula is C19H25N3O. The van der Waals surface area contributed by atoms with E-state index in [0.29, 0.717) is 12.2 Å². The van der Waals surface area contributed by atoms with Crippen molar-refractivity contribution >= 4 is 11.7 Å². The molecule has 0 saturated heterocycles. The third-order valence-corrected chi connectivity index (χ3v) is 4.77. The number of hydrogen-bond acceptors (Lipinski definition) is 2. The minimum Gasteiger partial charge on any atom is -0.309 e. The molecule has 1 aromatic carbocycles. The predicted molar refractivity (Wildman–Crippen MR) is 93.3 cm³/mol. The Hall–Kier alpha value is -2.10. The first kappa shape index (κ1) is 15.8. The number of nitrogens with one attached hydrogen (secondary N) is 2. The molecule has 1 aliphatic rings. The Bertz CT molecular complexity index is 684. The standard InChI is InChI=1S/C19H25N3O/c1-13-6-5-9-16(12-13)18-14(2)21-22-19(18)20-17(23)11-10-15-7-3-4-8-15/h5-6,9,12,15H,3-4,7-8,10-11H2,1-2H3,(H2,20,21,22,23). The number of carbonyl (C=O) groups excluding carboxylic acids is 1. The van der Waals surface area contributed by atoms with E-state index in [9.17, 15) is 4.79 Å². The quantitative estimate of drug-likeness (QED) is 0.847. The highest BCUT2D eigenvalue weighted by molar-refractivity contribution is 5.94. The Labute approximate surface area is 137 Å². The summed E-state index contributed by atoms with van der Waals surface area (Å²) in [6, 6.07) is 8.27. The molecular weight excluding hydrogens is 286 g/mol. The highest BCUT2D eigenvalue weighted by Crippen LogP contribution is 2.31. The number of H-pyrrole nitrogens is 1. The van der Waals surface area contributed by atoms with Gasteiger partial charge in [-0.05, 0) is 31.7 Å². The summed E-state index contributed by atoms with van der Waals surface area (Å²) in [7, 11) is 0. The fourth-order valence-electron chi connectivity index (χ4n) is 3.50. The monoisotopic (exact) mass is 311 g/mol. The zero-order valence-corrected chi connectivity index (χ0v) is 14.0. The summed E-state index contributed by atoms with van der Waals surface area (Å²) in [5.41, 5.74) is 4.24. The van der Waals surface area contributed by atoms with Crippen molar-refractivity contribution in [3.05, 3.63) is 35.5 Å². The van der Waals surface area contributed by atoms with Crippen LogP contribution in [0.5, 0.6) is 0 Å². The number of benzene rings is 1. The number of nitrogens with zero attached hydrogens (tertiary/aromatic N) is 1. The average Bonchev–Trinajstić information content (AvgIpc) is 3.15. The van der Waals surface area contributed by atoms with Gasteiger partial charge in [-0.3, -0.25) is 9.89 Å². The molecule has 1 fully saturated rings. The second kappa shape index (κ2) is 6.99. The first-order valence-electron chi connectivity index (χ1n) is 8.55. The van der Waals surface area contributed by atoms with E-state index in [1.54, 1.807) is 0 Å². The minimum absolute atomic E-state index is 0.0669. The van der Waals surface area contributed by atoms with Gasteiger partial charge in [0.05, 0.1) is 0 Å². The van der Waals surface area contributed by atoms with Gasteiger partial charge in [0, 0.05) is 17.7 Å². The lowest BCUT2D eigenvalue weighted by Crippen LogP contribution is -2.13. The van der Waals surface area contributed by atoms with Crippen molar-refractivity contribution in [1.29, 1.82) is 0 Å². The van der Waals surface area contributed by atoms with E-state index < -0.39 is 0 Å². The second-order valence-corrected chi connectivity index (χ2v) is 6.68. The fraction of sp³-hybridized carbons (Fsp3) is 0.474. The molecule has 1 aliphatic carbocycles. The summed E-state index contributed by atoms with van der Waals surface area (Å²) < 4.78 is 0. The Balaban J connectivity index is 1.69. The Morgan fingerprint density at radius 3 is 2.83 bits per heavy atom. The van der Waals surface area contributed by atoms with E-state index in [1.807, 2.05) is 13.0 Å². The molecule has 1 aromatic heterocycles. The maximum absolute atomic E-state index is 12.3. The summed E-state index contributed by atoms with van der Waals surface area (Å²) in [5, 5.41) is 10.3. The zero-order chi connectivity index (χ0) is 16.2. The second-order valence-electron chi connectivity index (χ2n) is 6.68. The molecule has 4 heteroatoms. The van der Waals surface area contributed by atoms with Gasteiger partial charge in [0.2, 0.25) is 5.91 Å². The zero-order valence-electron chi connectivity index (χ0n) is 14.0. The molecule has 2 N–H and O–H groups in total. The normalized spacial score (nSPS) is 15.0. The van der Waals surface area contributed by atoms with Gasteiger partial charge in [0.15, 0.2) is 5.82 Å². The smallest absolute Gasteiger partial charge is 0.225 e. The lowest BCUT2D eigenvalue weighted by Gasteiger charge is -2.09. The number of rotatable bonds is 5. The topological polar surface area (TPSA) is 57.8 Å². The van der Waals surface area contributed by atoms with E-state index in [0.717, 1.165) is 29.2 Å². The van der Waals surface area contributed by atoms with Gasteiger partial charge < -0.3 is 5.32 Å². The number of aromatic nitrogens is 2. The van der Waals surface area contributed by atoms with Crippen molar-refractivity contribution in [1.82, 2.24) is 10.2 Å². The Kier molecular flexibility index (Phi) is 4.79. The number of aromatic amines is 1. The van der Waals surface area contributed by atoms with E-state index in [4.69, 9.17) is 0 Å². The molecule has 1 saturated carbocycles. The molecule has 1 amide bonds. The van der Waals surface area contributed by atoms with Crippen LogP contribution in [-0.4, -0.2) is 16.1 Å². The first-order chi connectivity index (χ1) is 11.1. The van der Waals surface area contributed by atoms with Crippen LogP contribution in [0.2, 0.25) is 0 Å². The van der Waals surface area contributed by atoms with Gasteiger partial charge in [-0.15, -0.1) is 0 Å². The van der Waals surface area contributed by atoms with Crippen molar-refractivity contribution in [3.8, 4) is 11.1 Å². The summed E-state index contributed by atoms with van der Waals surface area (Å²) in [6.07, 6.45) is 6.79. The maximum atomic E-state index is 12.3. The van der Waals surface area contributed by atoms with E-state index >= 15 is 0 Å². The molecule has 0 bridgehead atoms. The van der Waals surface area contributed by atoms with Crippen LogP contribution in [0, 0.1) is 19.8 Å². The van der Waals surface area contributed by atoms with Crippen LogP contribution in [0.1, 0.15) is 49.8 Å². The van der Waals surface area contributed by atoms with Crippen LogP contribution in [0.15, 0.2) is 24.3 Å². The lowest BCUT2D eigenvalue weighted by molar-refractivity contribution is -0.116. The largest absolute Gasteiger partial charge is 0.309 e. The maximum Gasteiger partial charge on any atom is 0.225 e. The molecule has 0 atom stereocenters. The minimum atomic E-state index is 0.0669. The van der Waals surface area contributed by atoms with Gasteiger partial charge in [-0.2, -0.15) is 5.10 Å². The van der Waals surface area contributed by atoms with Gasteiger partial charge in [-0.1, -0.05) is 55.5 Å². The number of hydrogen-bond donors (Lipinski definition) is 2. The Morgan fingerprint density at radius 2 is 2.09 bits per heavy atom. The molecule has 1 heterocycles. The molecule has 0 spiro atoms. The van der Waals surface area contributed by atoms with Crippen molar-refractivity contribution in [2.24, 2.45) is 5.92 Å². The van der Waals surface area contributed by atoms with Gasteiger partial charge in [0.1, 0.15) is 0 Å². The van der Waals surface area contributed by atoms with Crippen LogP contribution < -0.4 is 5.32 Å². The van der Waals surface area contributed by atoms with E-state index in [1.165, 1.54) is 31.2 Å². The molecule has 2 aromatic rings. The number of amides is 1. The summed E-state index contributed by atoms with van der Waals surface area (Å²) in [6.45, 7) is 4.05. The number of aryl methyl sites for hydroxylation is 2. The highest BCUT2D eigenvalue weighted by atomic mass is 16.1. The number of carbonyl (C=O) groups is 1. The summed E-state index contributed by atoms with van der Waals surface area (Å²) in [5.74, 6) is 1.44. The fourth-order valence-corrected chi connectivity index (χ4v) is 3.50. The van der Waals surface area contributed by atoms with Crippen LogP contribution in [-0.2, 0) is 4.79 Å². The van der Waals surface area contributed by atoms with Crippen LogP contribution >= 0.6 is 0 Å². The third-order valence-electron chi connectivity index (χ3n) is 4.77. The number of anilines is 1. The molecule has 122 valence electrons. The van der Waals surface area contributed by atoms with Gasteiger partial charge in [0.25, 0.3) is 0 Å². The molecule has 23 heavy (non-hydrogen) atoms. The van der Waals surface area contributed by atoms with Crippen LogP contribution in [0.25, 0.3) is 11.1 Å². The van der Waals surface area contributed by atoms with Crippen molar-refractivity contribution in [3.63, 3.8) is 0 Å². The van der Waals surface area contributed by atoms with Crippen LogP contribution in [0.4, 0.5) is 5.82 Å². The first-order valence-corrected chi connectivity index (χ1v) is 8.55. The molecule has 0 aliphatic heterocycles.